The number of hydrogen-bond donors (Lipinski definition) is 2. The predicted molar refractivity (Wildman–Crippen MR) is 129 cm³/mol. The van der Waals surface area contributed by atoms with Crippen LogP contribution in [0.25, 0.3) is 11.0 Å². The van der Waals surface area contributed by atoms with Crippen LogP contribution in [0.4, 0.5) is 18.0 Å². The van der Waals surface area contributed by atoms with Crippen LogP contribution in [0.15, 0.2) is 16.9 Å². The zero-order chi connectivity index (χ0) is 27.7. The molecule has 0 aliphatic carbocycles. The van der Waals surface area contributed by atoms with E-state index in [1.54, 1.807) is 20.8 Å². The minimum Gasteiger partial charge on any atom is -0.465 e. The van der Waals surface area contributed by atoms with Crippen LogP contribution >= 0.6 is 0 Å². The number of carbonyl (C=O) groups is 3. The summed E-state index contributed by atoms with van der Waals surface area (Å²) in [7, 11) is 0. The third kappa shape index (κ3) is 5.75. The number of carbonyl (C=O) groups excluding carboxylic acids is 2. The number of rotatable bonds is 7. The lowest BCUT2D eigenvalue weighted by Gasteiger charge is -2.40. The number of hydrogen-bond acceptors (Lipinski definition) is 4. The highest BCUT2D eigenvalue weighted by molar-refractivity contribution is 6.00. The monoisotopic (exact) mass is 527 g/mol. The number of aryl methyl sites for hydroxylation is 1. The van der Waals surface area contributed by atoms with Gasteiger partial charge in [-0.25, -0.2) is 9.59 Å². The molecule has 204 valence electrons. The second kappa shape index (κ2) is 10.9. The normalized spacial score (nSPS) is 16.3. The number of carboxylic acid groups (broad SMARTS) is 1. The maximum atomic E-state index is 14.2. The SMILES string of the molecule is CCn1c(=O)n(CCNC(C)=O)c2cc(C(=O)N(C(C)C)[C@@H]3CCCN(C(=O)O)C3)c(C(F)(F)F)cc21. The Hall–Kier alpha value is -3.51. The average molecular weight is 528 g/mol. The van der Waals surface area contributed by atoms with Crippen molar-refractivity contribution in [1.82, 2.24) is 24.3 Å². The molecule has 10 nitrogen and oxygen atoms in total. The minimum absolute atomic E-state index is 0.00349. The quantitative estimate of drug-likeness (QED) is 0.574. The number of amides is 3. The number of piperidine rings is 1. The molecular weight excluding hydrogens is 495 g/mol. The van der Waals surface area contributed by atoms with Gasteiger partial charge in [-0.05, 0) is 45.7 Å². The molecule has 1 aromatic heterocycles. The van der Waals surface area contributed by atoms with Crippen molar-refractivity contribution < 1.29 is 32.7 Å². The number of benzene rings is 1. The van der Waals surface area contributed by atoms with Crippen LogP contribution in [0.1, 0.15) is 56.5 Å². The lowest BCUT2D eigenvalue weighted by atomic mass is 9.98. The Balaban J connectivity index is 2.18. The fourth-order valence-electron chi connectivity index (χ4n) is 4.95. The maximum absolute atomic E-state index is 14.2. The third-order valence-electron chi connectivity index (χ3n) is 6.57. The van der Waals surface area contributed by atoms with Gasteiger partial charge in [0.1, 0.15) is 0 Å². The van der Waals surface area contributed by atoms with E-state index in [-0.39, 0.29) is 49.7 Å². The molecule has 1 aliphatic heterocycles. The number of nitrogens with zero attached hydrogens (tertiary/aromatic N) is 4. The van der Waals surface area contributed by atoms with Crippen molar-refractivity contribution >= 4 is 28.9 Å². The van der Waals surface area contributed by atoms with E-state index in [2.05, 4.69) is 5.32 Å². The second-order valence-corrected chi connectivity index (χ2v) is 9.38. The van der Waals surface area contributed by atoms with Crippen molar-refractivity contribution in [2.45, 2.75) is 71.9 Å². The summed E-state index contributed by atoms with van der Waals surface area (Å²) in [5, 5.41) is 12.0. The maximum Gasteiger partial charge on any atom is 0.417 e. The van der Waals surface area contributed by atoms with Gasteiger partial charge in [0.05, 0.1) is 28.2 Å². The number of nitrogens with one attached hydrogen (secondary N) is 1. The number of likely N-dealkylation sites (tertiary alicyclic amines) is 1. The van der Waals surface area contributed by atoms with E-state index in [1.165, 1.54) is 21.0 Å². The molecular formula is C24H32F3N5O5. The Morgan fingerprint density at radius 1 is 1.19 bits per heavy atom. The van der Waals surface area contributed by atoms with Gasteiger partial charge in [-0.1, -0.05) is 0 Å². The standard InChI is InChI=1S/C24H32F3N5O5/c1-5-30-20-12-18(24(25,26)27)17(11-19(20)31(22(30)35)10-8-28-15(4)33)21(34)32(14(2)3)16-7-6-9-29(13-16)23(36)37/h11-12,14,16H,5-10,13H2,1-4H3,(H,28,33)(H,36,37)/t16-/m1/s1. The fourth-order valence-corrected chi connectivity index (χ4v) is 4.95. The Morgan fingerprint density at radius 2 is 1.84 bits per heavy atom. The smallest absolute Gasteiger partial charge is 0.417 e. The van der Waals surface area contributed by atoms with Gasteiger partial charge in [0.25, 0.3) is 5.91 Å². The summed E-state index contributed by atoms with van der Waals surface area (Å²) >= 11 is 0. The molecule has 1 saturated heterocycles. The lowest BCUT2D eigenvalue weighted by molar-refractivity contribution is -0.138. The second-order valence-electron chi connectivity index (χ2n) is 9.38. The van der Waals surface area contributed by atoms with Crippen LogP contribution in [-0.2, 0) is 24.1 Å². The van der Waals surface area contributed by atoms with Crippen LogP contribution < -0.4 is 11.0 Å². The molecule has 2 N–H and O–H groups in total. The number of halogens is 3. The molecule has 0 unspecified atom stereocenters. The first-order valence-corrected chi connectivity index (χ1v) is 12.2. The topological polar surface area (TPSA) is 117 Å². The molecule has 2 heterocycles. The van der Waals surface area contributed by atoms with Gasteiger partial charge in [0, 0.05) is 45.7 Å². The van der Waals surface area contributed by atoms with Crippen molar-refractivity contribution in [2.75, 3.05) is 19.6 Å². The number of imidazole rings is 1. The summed E-state index contributed by atoms with van der Waals surface area (Å²) in [6, 6.07) is 0.807. The Kier molecular flexibility index (Phi) is 8.23. The van der Waals surface area contributed by atoms with Gasteiger partial charge < -0.3 is 20.2 Å². The minimum atomic E-state index is -4.88. The van der Waals surface area contributed by atoms with E-state index in [0.29, 0.717) is 12.8 Å². The van der Waals surface area contributed by atoms with Crippen LogP contribution in [-0.4, -0.2) is 73.7 Å². The molecule has 0 radical (unpaired) electrons. The van der Waals surface area contributed by atoms with E-state index in [9.17, 15) is 37.5 Å². The third-order valence-corrected chi connectivity index (χ3v) is 6.57. The van der Waals surface area contributed by atoms with Crippen LogP contribution in [0.3, 0.4) is 0 Å². The van der Waals surface area contributed by atoms with Gasteiger partial charge in [0.2, 0.25) is 5.91 Å². The molecule has 1 aromatic carbocycles. The van der Waals surface area contributed by atoms with Gasteiger partial charge in [-0.3, -0.25) is 18.7 Å². The molecule has 1 atom stereocenters. The summed E-state index contributed by atoms with van der Waals surface area (Å²) < 4.78 is 45.2. The first-order valence-electron chi connectivity index (χ1n) is 12.2. The lowest BCUT2D eigenvalue weighted by Crippen LogP contribution is -2.54. The molecule has 1 aliphatic rings. The highest BCUT2D eigenvalue weighted by Crippen LogP contribution is 2.36. The molecule has 1 fully saturated rings. The van der Waals surface area contributed by atoms with Gasteiger partial charge in [-0.2, -0.15) is 13.2 Å². The summed E-state index contributed by atoms with van der Waals surface area (Å²) in [5.41, 5.74) is -2.14. The van der Waals surface area contributed by atoms with Crippen molar-refractivity contribution in [1.29, 1.82) is 0 Å². The van der Waals surface area contributed by atoms with Crippen LogP contribution in [0.5, 0.6) is 0 Å². The highest BCUT2D eigenvalue weighted by atomic mass is 19.4. The van der Waals surface area contributed by atoms with E-state index < -0.39 is 47.1 Å². The Labute approximate surface area is 211 Å². The van der Waals surface area contributed by atoms with Crippen molar-refractivity contribution in [3.63, 3.8) is 0 Å². The Morgan fingerprint density at radius 3 is 2.38 bits per heavy atom. The summed E-state index contributed by atoms with van der Waals surface area (Å²) in [6.07, 6.45) is -5.11. The first-order chi connectivity index (χ1) is 17.3. The number of fused-ring (bicyclic) bond motifs is 1. The summed E-state index contributed by atoms with van der Waals surface area (Å²) in [6.45, 7) is 6.75. The van der Waals surface area contributed by atoms with Crippen LogP contribution in [0.2, 0.25) is 0 Å². The van der Waals surface area contributed by atoms with Crippen LogP contribution in [0, 0.1) is 0 Å². The molecule has 0 saturated carbocycles. The molecule has 2 aromatic rings. The van der Waals surface area contributed by atoms with Crippen molar-refractivity contribution in [3.05, 3.63) is 33.7 Å². The summed E-state index contributed by atoms with van der Waals surface area (Å²) in [5.74, 6) is -1.20. The highest BCUT2D eigenvalue weighted by Gasteiger charge is 2.40. The molecule has 3 rings (SSSR count). The van der Waals surface area contributed by atoms with Gasteiger partial charge >= 0.3 is 18.0 Å². The number of aromatic nitrogens is 2. The fraction of sp³-hybridized carbons (Fsp3) is 0.583. The van der Waals surface area contributed by atoms with Crippen molar-refractivity contribution in [2.24, 2.45) is 0 Å². The van der Waals surface area contributed by atoms with E-state index >= 15 is 0 Å². The molecule has 0 spiro atoms. The largest absolute Gasteiger partial charge is 0.465 e. The molecule has 3 amide bonds. The predicted octanol–water partition coefficient (Wildman–Crippen LogP) is 2.97. The van der Waals surface area contributed by atoms with Crippen molar-refractivity contribution in [3.8, 4) is 0 Å². The van der Waals surface area contributed by atoms with E-state index in [1.807, 2.05) is 0 Å². The van der Waals surface area contributed by atoms with Gasteiger partial charge in [0.15, 0.2) is 0 Å². The zero-order valence-electron chi connectivity index (χ0n) is 21.3. The number of alkyl halides is 3. The van der Waals surface area contributed by atoms with E-state index in [0.717, 1.165) is 17.0 Å². The first kappa shape index (κ1) is 28.1. The average Bonchev–Trinajstić information content (AvgIpc) is 3.07. The summed E-state index contributed by atoms with van der Waals surface area (Å²) in [4.78, 5) is 52.0. The molecule has 37 heavy (non-hydrogen) atoms. The Bertz CT molecular complexity index is 1250. The molecule has 13 heteroatoms. The van der Waals surface area contributed by atoms with Gasteiger partial charge in [-0.15, -0.1) is 0 Å². The zero-order valence-corrected chi connectivity index (χ0v) is 21.3. The molecule has 0 bridgehead atoms. The van der Waals surface area contributed by atoms with E-state index in [4.69, 9.17) is 0 Å².